The number of amidine groups is 1. The molecule has 8 heteroatoms. The molecule has 3 aliphatic heterocycles. The molecule has 1 atom stereocenters. The first-order valence-electron chi connectivity index (χ1n) is 10.4. The predicted octanol–water partition coefficient (Wildman–Crippen LogP) is 2.27. The molecule has 0 saturated carbocycles. The summed E-state index contributed by atoms with van der Waals surface area (Å²) in [5.74, 6) is 2.22. The number of fused-ring (bicyclic) bond motifs is 3. The average molecular weight is 394 g/mol. The Hall–Kier alpha value is -2.87. The maximum Gasteiger partial charge on any atom is 0.331 e. The lowest BCUT2D eigenvalue weighted by Crippen LogP contribution is -2.50. The second-order valence-electron chi connectivity index (χ2n) is 7.70. The second-order valence-corrected chi connectivity index (χ2v) is 7.70. The summed E-state index contributed by atoms with van der Waals surface area (Å²) >= 11 is 0. The van der Waals surface area contributed by atoms with Crippen molar-refractivity contribution < 1.29 is 9.53 Å². The maximum absolute atomic E-state index is 13.2. The molecule has 1 saturated heterocycles. The highest BCUT2D eigenvalue weighted by Gasteiger charge is 2.42. The van der Waals surface area contributed by atoms with Gasteiger partial charge in [-0.1, -0.05) is 37.3 Å². The number of rotatable bonds is 5. The lowest BCUT2D eigenvalue weighted by Gasteiger charge is -2.32. The van der Waals surface area contributed by atoms with Crippen LogP contribution in [0.4, 0.5) is 16.6 Å². The van der Waals surface area contributed by atoms with Crippen LogP contribution in [-0.2, 0) is 11.2 Å². The van der Waals surface area contributed by atoms with Gasteiger partial charge in [0.15, 0.2) is 11.7 Å². The first-order chi connectivity index (χ1) is 14.2. The minimum absolute atomic E-state index is 0.0197. The standard InChI is InChI=1S/C21H26N6O2/c1-2-8-26-19-17(23-20(24-19)25-9-11-29-12-10-25)18-22-16(14-27(18)21(26)28)13-15-6-4-3-5-7-15/h3-7,16H,2,8-14H2,1H3,(H,23,24)/t16-/m1/s1. The smallest absolute Gasteiger partial charge is 0.331 e. The number of hydrogen-bond donors (Lipinski definition) is 1. The SMILES string of the molecule is CCCN1C(=O)N2C[C@@H](Cc3ccccc3)N=C2c2[nH]c(N3CCOCC3)nc21. The van der Waals surface area contributed by atoms with E-state index >= 15 is 0 Å². The fraction of sp³-hybridized carbons (Fsp3) is 0.476. The van der Waals surface area contributed by atoms with E-state index in [2.05, 4.69) is 28.9 Å². The Morgan fingerprint density at radius 2 is 2.00 bits per heavy atom. The van der Waals surface area contributed by atoms with E-state index in [1.807, 2.05) is 23.1 Å². The summed E-state index contributed by atoms with van der Waals surface area (Å²) in [6.45, 7) is 6.29. The molecule has 3 aliphatic rings. The van der Waals surface area contributed by atoms with Crippen molar-refractivity contribution in [3.63, 3.8) is 0 Å². The minimum atomic E-state index is -0.0197. The van der Waals surface area contributed by atoms with Gasteiger partial charge < -0.3 is 14.6 Å². The summed E-state index contributed by atoms with van der Waals surface area (Å²) in [4.78, 5) is 32.2. The number of hydrogen-bond acceptors (Lipinski definition) is 5. The summed E-state index contributed by atoms with van der Waals surface area (Å²) in [7, 11) is 0. The molecule has 5 rings (SSSR count). The number of ether oxygens (including phenoxy) is 1. The van der Waals surface area contributed by atoms with Crippen molar-refractivity contribution in [1.82, 2.24) is 14.9 Å². The van der Waals surface area contributed by atoms with Gasteiger partial charge in [0, 0.05) is 19.6 Å². The van der Waals surface area contributed by atoms with Gasteiger partial charge in [0.05, 0.1) is 25.8 Å². The number of nitrogens with zero attached hydrogens (tertiary/aromatic N) is 5. The third kappa shape index (κ3) is 3.27. The highest BCUT2D eigenvalue weighted by Crippen LogP contribution is 2.33. The number of carbonyl (C=O) groups excluding carboxylic acids is 1. The molecule has 0 bridgehead atoms. The summed E-state index contributed by atoms with van der Waals surface area (Å²) < 4.78 is 5.46. The van der Waals surface area contributed by atoms with Crippen LogP contribution >= 0.6 is 0 Å². The number of morpholine rings is 1. The fourth-order valence-corrected chi connectivity index (χ4v) is 4.23. The summed E-state index contributed by atoms with van der Waals surface area (Å²) in [6, 6.07) is 10.4. The van der Waals surface area contributed by atoms with Crippen molar-refractivity contribution in [2.75, 3.05) is 49.2 Å². The Morgan fingerprint density at radius 1 is 1.21 bits per heavy atom. The van der Waals surface area contributed by atoms with E-state index in [1.165, 1.54) is 5.56 Å². The molecule has 152 valence electrons. The van der Waals surface area contributed by atoms with Gasteiger partial charge in [-0.2, -0.15) is 4.98 Å². The van der Waals surface area contributed by atoms with Gasteiger partial charge >= 0.3 is 6.03 Å². The van der Waals surface area contributed by atoms with Crippen molar-refractivity contribution in [1.29, 1.82) is 0 Å². The topological polar surface area (TPSA) is 77.1 Å². The van der Waals surface area contributed by atoms with Gasteiger partial charge in [-0.15, -0.1) is 0 Å². The third-order valence-corrected chi connectivity index (χ3v) is 5.64. The maximum atomic E-state index is 13.2. The van der Waals surface area contributed by atoms with E-state index in [1.54, 1.807) is 4.90 Å². The van der Waals surface area contributed by atoms with Crippen LogP contribution in [0, 0.1) is 0 Å². The van der Waals surface area contributed by atoms with Crippen LogP contribution in [0.3, 0.4) is 0 Å². The normalized spacial score (nSPS) is 21.3. The molecule has 1 fully saturated rings. The van der Waals surface area contributed by atoms with E-state index in [0.717, 1.165) is 43.4 Å². The van der Waals surface area contributed by atoms with E-state index in [0.29, 0.717) is 32.1 Å². The number of anilines is 2. The van der Waals surface area contributed by atoms with E-state index in [9.17, 15) is 4.79 Å². The molecule has 1 aromatic carbocycles. The lowest BCUT2D eigenvalue weighted by molar-refractivity contribution is 0.122. The third-order valence-electron chi connectivity index (χ3n) is 5.64. The van der Waals surface area contributed by atoms with Gasteiger partial charge in [-0.05, 0) is 18.4 Å². The number of aliphatic imine (C=N–C) groups is 1. The van der Waals surface area contributed by atoms with Crippen LogP contribution in [-0.4, -0.2) is 72.2 Å². The number of carbonyl (C=O) groups is 1. The molecule has 2 amide bonds. The quantitative estimate of drug-likeness (QED) is 0.844. The van der Waals surface area contributed by atoms with E-state index in [4.69, 9.17) is 14.7 Å². The number of amides is 2. The zero-order valence-electron chi connectivity index (χ0n) is 16.7. The molecular formula is C21H26N6O2. The first kappa shape index (κ1) is 18.2. The number of urea groups is 1. The van der Waals surface area contributed by atoms with E-state index < -0.39 is 0 Å². The second kappa shape index (κ2) is 7.51. The van der Waals surface area contributed by atoms with Crippen LogP contribution in [0.5, 0.6) is 0 Å². The molecule has 0 spiro atoms. The number of H-pyrrole nitrogens is 1. The Morgan fingerprint density at radius 3 is 2.76 bits per heavy atom. The van der Waals surface area contributed by atoms with Crippen molar-refractivity contribution in [3.8, 4) is 0 Å². The zero-order valence-corrected chi connectivity index (χ0v) is 16.7. The van der Waals surface area contributed by atoms with Gasteiger partial charge in [0.25, 0.3) is 0 Å². The molecule has 1 aromatic heterocycles. The first-order valence-corrected chi connectivity index (χ1v) is 10.4. The monoisotopic (exact) mass is 394 g/mol. The van der Waals surface area contributed by atoms with Crippen LogP contribution in [0.2, 0.25) is 0 Å². The number of aromatic nitrogens is 2. The van der Waals surface area contributed by atoms with Crippen molar-refractivity contribution in [2.45, 2.75) is 25.8 Å². The lowest BCUT2D eigenvalue weighted by atomic mass is 10.1. The van der Waals surface area contributed by atoms with Crippen LogP contribution < -0.4 is 9.80 Å². The molecule has 4 heterocycles. The zero-order chi connectivity index (χ0) is 19.8. The number of nitrogens with one attached hydrogen (secondary N) is 1. The van der Waals surface area contributed by atoms with Crippen molar-refractivity contribution >= 4 is 23.6 Å². The summed E-state index contributed by atoms with van der Waals surface area (Å²) in [5.41, 5.74) is 2.09. The molecular weight excluding hydrogens is 368 g/mol. The number of imidazole rings is 1. The highest BCUT2D eigenvalue weighted by atomic mass is 16.5. The Kier molecular flexibility index (Phi) is 4.71. The Balaban J connectivity index is 1.48. The molecule has 2 aromatic rings. The van der Waals surface area contributed by atoms with Gasteiger partial charge in [-0.3, -0.25) is 14.8 Å². The fourth-order valence-electron chi connectivity index (χ4n) is 4.23. The molecule has 0 aliphatic carbocycles. The van der Waals surface area contributed by atoms with Gasteiger partial charge in [0.1, 0.15) is 5.69 Å². The molecule has 29 heavy (non-hydrogen) atoms. The van der Waals surface area contributed by atoms with Gasteiger partial charge in [0.2, 0.25) is 5.95 Å². The number of benzene rings is 1. The summed E-state index contributed by atoms with van der Waals surface area (Å²) in [5, 5.41) is 0. The van der Waals surface area contributed by atoms with Gasteiger partial charge in [-0.25, -0.2) is 4.79 Å². The molecule has 1 N–H and O–H groups in total. The van der Waals surface area contributed by atoms with Crippen LogP contribution in [0.1, 0.15) is 24.6 Å². The molecule has 8 nitrogen and oxygen atoms in total. The van der Waals surface area contributed by atoms with Crippen LogP contribution in [0.25, 0.3) is 0 Å². The Labute approximate surface area is 170 Å². The Bertz CT molecular complexity index is 919. The predicted molar refractivity (Wildman–Crippen MR) is 112 cm³/mol. The highest BCUT2D eigenvalue weighted by molar-refractivity contribution is 6.18. The van der Waals surface area contributed by atoms with Crippen LogP contribution in [0.15, 0.2) is 35.3 Å². The largest absolute Gasteiger partial charge is 0.378 e. The van der Waals surface area contributed by atoms with Crippen molar-refractivity contribution in [3.05, 3.63) is 41.6 Å². The molecule has 0 unspecified atom stereocenters. The van der Waals surface area contributed by atoms with E-state index in [-0.39, 0.29) is 12.1 Å². The average Bonchev–Trinajstić information content (AvgIpc) is 3.37. The summed E-state index contributed by atoms with van der Waals surface area (Å²) in [6.07, 6.45) is 1.69. The minimum Gasteiger partial charge on any atom is -0.378 e. The van der Waals surface area contributed by atoms with Crippen molar-refractivity contribution in [2.24, 2.45) is 4.99 Å². The number of aromatic amines is 1. The molecule has 0 radical (unpaired) electrons.